The molecule has 0 radical (unpaired) electrons. The number of fused-ring (bicyclic) bond motifs is 3. The molecule has 268 valence electrons. The lowest BCUT2D eigenvalue weighted by Crippen LogP contribution is -2.59. The summed E-state index contributed by atoms with van der Waals surface area (Å²) in [7, 11) is 3.11. The summed E-state index contributed by atoms with van der Waals surface area (Å²) in [4.78, 5) is 35.4. The van der Waals surface area contributed by atoms with Crippen LogP contribution in [0.15, 0.2) is 73.1 Å². The maximum Gasteiger partial charge on any atom is 0.348 e. The van der Waals surface area contributed by atoms with Crippen LogP contribution in [0.2, 0.25) is 10.0 Å². The number of thiophene rings is 1. The van der Waals surface area contributed by atoms with E-state index in [1.165, 1.54) is 23.7 Å². The molecule has 2 aromatic heterocycles. The van der Waals surface area contributed by atoms with E-state index in [4.69, 9.17) is 42.1 Å². The maximum atomic E-state index is 13.9. The lowest BCUT2D eigenvalue weighted by atomic mass is 9.61. The number of methoxy groups -OCH3 is 2. The molecule has 4 aromatic rings. The van der Waals surface area contributed by atoms with Gasteiger partial charge >= 0.3 is 11.9 Å². The van der Waals surface area contributed by atoms with Gasteiger partial charge in [0.25, 0.3) is 0 Å². The number of rotatable bonds is 13. The van der Waals surface area contributed by atoms with Crippen molar-refractivity contribution >= 4 is 46.5 Å². The topological polar surface area (TPSA) is 99.2 Å². The number of nitrogens with one attached hydrogen (secondary N) is 1. The largest absolute Gasteiger partial charge is 0.493 e. The second kappa shape index (κ2) is 15.5. The lowest BCUT2D eigenvalue weighted by molar-refractivity contribution is -0.170. The molecular formula is C39H41Cl2N3O6S. The first kappa shape index (κ1) is 35.7. The Hall–Kier alpha value is -3.67. The predicted molar refractivity (Wildman–Crippen MR) is 197 cm³/mol. The molecular weight excluding hydrogens is 709 g/mol. The van der Waals surface area contributed by atoms with Crippen molar-refractivity contribution in [2.24, 2.45) is 5.92 Å². The highest BCUT2D eigenvalue weighted by Crippen LogP contribution is 2.46. The van der Waals surface area contributed by atoms with Gasteiger partial charge < -0.3 is 24.3 Å². The summed E-state index contributed by atoms with van der Waals surface area (Å²) in [5.74, 6) is 0.952. The van der Waals surface area contributed by atoms with Gasteiger partial charge in [0.15, 0.2) is 11.5 Å². The van der Waals surface area contributed by atoms with Crippen LogP contribution in [0, 0.1) is 5.92 Å². The monoisotopic (exact) mass is 749 g/mol. The molecule has 3 aliphatic heterocycles. The van der Waals surface area contributed by atoms with Crippen molar-refractivity contribution in [3.63, 3.8) is 0 Å². The fourth-order valence-electron chi connectivity index (χ4n) is 7.61. The van der Waals surface area contributed by atoms with Crippen molar-refractivity contribution in [1.82, 2.24) is 15.2 Å². The minimum atomic E-state index is -0.722. The third kappa shape index (κ3) is 7.62. The normalized spacial score (nSPS) is 24.3. The summed E-state index contributed by atoms with van der Waals surface area (Å²) in [5, 5.41) is 4.38. The summed E-state index contributed by atoms with van der Waals surface area (Å²) in [5.41, 5.74) is 1.67. The molecule has 12 heteroatoms. The number of ether oxygens (including phenoxy) is 4. The molecule has 0 spiro atoms. The van der Waals surface area contributed by atoms with Gasteiger partial charge in [-0.15, -0.1) is 11.3 Å². The summed E-state index contributed by atoms with van der Waals surface area (Å²) >= 11 is 14.3. The van der Waals surface area contributed by atoms with Crippen molar-refractivity contribution in [2.45, 2.75) is 62.3 Å². The number of esters is 2. The Morgan fingerprint density at radius 3 is 2.37 bits per heavy atom. The number of pyridine rings is 1. The van der Waals surface area contributed by atoms with Crippen LogP contribution in [0.25, 0.3) is 0 Å². The number of carbonyl (C=O) groups is 2. The zero-order chi connectivity index (χ0) is 35.5. The quantitative estimate of drug-likeness (QED) is 0.140. The molecule has 4 aliphatic rings. The molecule has 51 heavy (non-hydrogen) atoms. The van der Waals surface area contributed by atoms with Gasteiger partial charge in [0.1, 0.15) is 17.1 Å². The number of nitrogens with zero attached hydrogens (tertiary/aromatic N) is 2. The highest BCUT2D eigenvalue weighted by atomic mass is 35.5. The molecule has 1 aliphatic carbocycles. The Labute approximate surface area is 312 Å². The molecule has 9 nitrogen and oxygen atoms in total. The maximum absolute atomic E-state index is 13.9. The van der Waals surface area contributed by atoms with Crippen LogP contribution in [0.4, 0.5) is 0 Å². The smallest absolute Gasteiger partial charge is 0.348 e. The van der Waals surface area contributed by atoms with E-state index in [0.717, 1.165) is 42.9 Å². The van der Waals surface area contributed by atoms with Gasteiger partial charge in [-0.25, -0.2) is 4.79 Å². The molecule has 3 saturated heterocycles. The SMILES string of the molecule is COc1ccc([C@H](Cc2c(Cl)cncc2Cl)OC(=O)c2ccc(CNC3CC(C(=O)O[C@H]4CN5CCC4CC5)(c4ccccc4)C3)s2)cc1OC. The average molecular weight is 751 g/mol. The number of hydrogen-bond donors (Lipinski definition) is 1. The number of benzene rings is 2. The minimum absolute atomic E-state index is 0.0260. The first-order chi connectivity index (χ1) is 24.8. The molecule has 8 rings (SSSR count). The van der Waals surface area contributed by atoms with Crippen molar-refractivity contribution in [3.05, 3.63) is 110 Å². The molecule has 1 saturated carbocycles. The van der Waals surface area contributed by atoms with Crippen molar-refractivity contribution < 1.29 is 28.5 Å². The van der Waals surface area contributed by atoms with E-state index in [1.54, 1.807) is 32.4 Å². The molecule has 2 atom stereocenters. The van der Waals surface area contributed by atoms with Crippen molar-refractivity contribution in [1.29, 1.82) is 0 Å². The Kier molecular flexibility index (Phi) is 10.9. The third-order valence-corrected chi connectivity index (χ3v) is 12.3. The zero-order valence-electron chi connectivity index (χ0n) is 28.6. The Morgan fingerprint density at radius 2 is 1.71 bits per heavy atom. The number of halogens is 2. The van der Waals surface area contributed by atoms with Gasteiger partial charge in [-0.05, 0) is 85.6 Å². The number of hydrogen-bond acceptors (Lipinski definition) is 10. The van der Waals surface area contributed by atoms with Crippen molar-refractivity contribution in [2.75, 3.05) is 33.9 Å². The lowest BCUT2D eigenvalue weighted by Gasteiger charge is -2.49. The van der Waals surface area contributed by atoms with Gasteiger partial charge in [0.05, 0.1) is 29.7 Å². The second-order valence-corrected chi connectivity index (χ2v) is 15.6. The van der Waals surface area contributed by atoms with Crippen LogP contribution in [-0.2, 0) is 32.6 Å². The first-order valence-corrected chi connectivity index (χ1v) is 18.9. The van der Waals surface area contributed by atoms with E-state index < -0.39 is 17.5 Å². The Morgan fingerprint density at radius 1 is 0.980 bits per heavy atom. The molecule has 1 N–H and O–H groups in total. The van der Waals surface area contributed by atoms with Gasteiger partial charge in [-0.2, -0.15) is 0 Å². The minimum Gasteiger partial charge on any atom is -0.493 e. The highest BCUT2D eigenvalue weighted by Gasteiger charge is 2.53. The first-order valence-electron chi connectivity index (χ1n) is 17.3. The van der Waals surface area contributed by atoms with Gasteiger partial charge in [-0.3, -0.25) is 14.7 Å². The molecule has 0 amide bonds. The van der Waals surface area contributed by atoms with Gasteiger partial charge in [0.2, 0.25) is 0 Å². The van der Waals surface area contributed by atoms with E-state index in [0.29, 0.717) is 62.9 Å². The standard InChI is InChI=1S/C39H41Cl2N3O6S/c1-47-32-10-8-25(16-34(32)48-2)33(17-29-30(40)21-42-22-31(29)41)49-37(45)36-11-9-28(51-36)20-43-27-18-39(19-27,26-6-4-3-5-7-26)38(46)50-35-23-44-14-12-24(35)13-15-44/h3-11,16,21-22,24,27,33,35,43H,12-15,17-20,23H2,1-2H3/t27?,33-,35-,39?/m0/s1. The summed E-state index contributed by atoms with van der Waals surface area (Å²) < 4.78 is 23.3. The van der Waals surface area contributed by atoms with Crippen LogP contribution in [0.5, 0.6) is 11.5 Å². The number of carbonyl (C=O) groups excluding carboxylic acids is 2. The Bertz CT molecular complexity index is 1840. The highest BCUT2D eigenvalue weighted by molar-refractivity contribution is 7.13. The van der Waals surface area contributed by atoms with Crippen LogP contribution >= 0.6 is 34.5 Å². The summed E-state index contributed by atoms with van der Waals surface area (Å²) in [6.07, 6.45) is 6.03. The van der Waals surface area contributed by atoms with E-state index in [-0.39, 0.29) is 24.5 Å². The molecule has 4 fully saturated rings. The molecule has 5 heterocycles. The molecule has 2 bridgehead atoms. The summed E-state index contributed by atoms with van der Waals surface area (Å²) in [6.45, 7) is 3.60. The fourth-order valence-corrected chi connectivity index (χ4v) is 8.97. The van der Waals surface area contributed by atoms with E-state index in [1.807, 2.05) is 42.5 Å². The third-order valence-electron chi connectivity index (χ3n) is 10.6. The van der Waals surface area contributed by atoms with Crippen LogP contribution in [0.1, 0.15) is 63.0 Å². The fraction of sp³-hybridized carbons (Fsp3) is 0.410. The van der Waals surface area contributed by atoms with Gasteiger partial charge in [-0.1, -0.05) is 59.6 Å². The van der Waals surface area contributed by atoms with E-state index in [2.05, 4.69) is 15.2 Å². The predicted octanol–water partition coefficient (Wildman–Crippen LogP) is 7.44. The number of piperidine rings is 3. The van der Waals surface area contributed by atoms with Crippen LogP contribution in [-0.4, -0.2) is 67.8 Å². The van der Waals surface area contributed by atoms with Crippen LogP contribution in [0.3, 0.4) is 0 Å². The molecule has 2 aromatic carbocycles. The molecule has 0 unspecified atom stereocenters. The second-order valence-electron chi connectivity index (χ2n) is 13.6. The Balaban J connectivity index is 1.01. The summed E-state index contributed by atoms with van der Waals surface area (Å²) in [6, 6.07) is 19.2. The number of aromatic nitrogens is 1. The average Bonchev–Trinajstić information content (AvgIpc) is 3.62. The van der Waals surface area contributed by atoms with E-state index in [9.17, 15) is 9.59 Å². The van der Waals surface area contributed by atoms with Crippen molar-refractivity contribution in [3.8, 4) is 11.5 Å². The zero-order valence-corrected chi connectivity index (χ0v) is 30.9. The van der Waals surface area contributed by atoms with Crippen LogP contribution < -0.4 is 14.8 Å². The van der Waals surface area contributed by atoms with E-state index >= 15 is 0 Å². The van der Waals surface area contributed by atoms with Gasteiger partial charge in [0, 0.05) is 42.8 Å².